The molecule has 2 aromatic rings. The summed E-state index contributed by atoms with van der Waals surface area (Å²) in [7, 11) is 1.41. The second-order valence-corrected chi connectivity index (χ2v) is 5.25. The molecular weight excluding hydrogens is 348 g/mol. The number of rotatable bonds is 6. The fourth-order valence-corrected chi connectivity index (χ4v) is 2.08. The highest BCUT2D eigenvalue weighted by Gasteiger charge is 2.15. The molecule has 0 fully saturated rings. The summed E-state index contributed by atoms with van der Waals surface area (Å²) in [6, 6.07) is 15.0. The Morgan fingerprint density at radius 3 is 2.48 bits per heavy atom. The van der Waals surface area contributed by atoms with Gasteiger partial charge in [-0.15, -0.1) is 0 Å². The van der Waals surface area contributed by atoms with E-state index in [9.17, 15) is 14.4 Å². The van der Waals surface area contributed by atoms with Gasteiger partial charge in [0, 0.05) is 6.08 Å². The van der Waals surface area contributed by atoms with E-state index < -0.39 is 24.4 Å². The topological polar surface area (TPSA) is 105 Å². The number of nitriles is 1. The first kappa shape index (κ1) is 19.4. The SMILES string of the molecule is COc1ccccc1C(=O)NC(=O)COC(=O)/C=C/c1ccc(C#N)cc1. The zero-order valence-corrected chi connectivity index (χ0v) is 14.5. The van der Waals surface area contributed by atoms with Crippen molar-refractivity contribution in [3.8, 4) is 11.8 Å². The molecule has 0 atom stereocenters. The number of nitrogens with one attached hydrogen (secondary N) is 1. The highest BCUT2D eigenvalue weighted by atomic mass is 16.5. The predicted molar refractivity (Wildman–Crippen MR) is 96.6 cm³/mol. The van der Waals surface area contributed by atoms with Crippen LogP contribution in [0.4, 0.5) is 0 Å². The van der Waals surface area contributed by atoms with Crippen molar-refractivity contribution in [2.45, 2.75) is 0 Å². The van der Waals surface area contributed by atoms with Crippen molar-refractivity contribution in [1.29, 1.82) is 5.26 Å². The van der Waals surface area contributed by atoms with Gasteiger partial charge in [0.1, 0.15) is 5.75 Å². The maximum Gasteiger partial charge on any atom is 0.331 e. The van der Waals surface area contributed by atoms with E-state index in [1.165, 1.54) is 19.3 Å². The molecule has 0 aliphatic heterocycles. The van der Waals surface area contributed by atoms with Gasteiger partial charge in [0.2, 0.25) is 0 Å². The Kier molecular flexibility index (Phi) is 6.85. The number of methoxy groups -OCH3 is 1. The molecule has 2 amide bonds. The third-order valence-corrected chi connectivity index (χ3v) is 3.40. The number of ether oxygens (including phenoxy) is 2. The minimum absolute atomic E-state index is 0.195. The van der Waals surface area contributed by atoms with Gasteiger partial charge in [-0.1, -0.05) is 24.3 Å². The maximum absolute atomic E-state index is 12.1. The summed E-state index contributed by atoms with van der Waals surface area (Å²) in [6.45, 7) is -0.600. The van der Waals surface area contributed by atoms with Crippen LogP contribution in [0, 0.1) is 11.3 Å². The van der Waals surface area contributed by atoms with E-state index >= 15 is 0 Å². The number of amides is 2. The first-order valence-corrected chi connectivity index (χ1v) is 7.85. The lowest BCUT2D eigenvalue weighted by atomic mass is 10.1. The van der Waals surface area contributed by atoms with Crippen LogP contribution in [0.3, 0.4) is 0 Å². The second kappa shape index (κ2) is 9.53. The number of carbonyl (C=O) groups is 3. The Morgan fingerprint density at radius 1 is 1.11 bits per heavy atom. The van der Waals surface area contributed by atoms with Gasteiger partial charge in [0.25, 0.3) is 11.8 Å². The van der Waals surface area contributed by atoms with Crippen LogP contribution in [0.1, 0.15) is 21.5 Å². The number of imide groups is 1. The van der Waals surface area contributed by atoms with Crippen molar-refractivity contribution in [3.05, 3.63) is 71.3 Å². The van der Waals surface area contributed by atoms with Gasteiger partial charge in [-0.05, 0) is 35.9 Å². The molecule has 0 aromatic heterocycles. The van der Waals surface area contributed by atoms with Gasteiger partial charge in [-0.25, -0.2) is 4.79 Å². The molecule has 1 N–H and O–H groups in total. The largest absolute Gasteiger partial charge is 0.496 e. The van der Waals surface area contributed by atoms with Crippen molar-refractivity contribution >= 4 is 23.9 Å². The van der Waals surface area contributed by atoms with E-state index in [0.717, 1.165) is 6.08 Å². The molecule has 27 heavy (non-hydrogen) atoms. The van der Waals surface area contributed by atoms with Crippen molar-refractivity contribution in [2.24, 2.45) is 0 Å². The van der Waals surface area contributed by atoms with Crippen LogP contribution in [0.25, 0.3) is 6.08 Å². The van der Waals surface area contributed by atoms with Gasteiger partial charge < -0.3 is 9.47 Å². The number of nitrogens with zero attached hydrogens (tertiary/aromatic N) is 1. The van der Waals surface area contributed by atoms with Gasteiger partial charge in [0.05, 0.1) is 24.3 Å². The summed E-state index contributed by atoms with van der Waals surface area (Å²) in [5.74, 6) is -1.82. The third kappa shape index (κ3) is 5.83. The molecule has 7 heteroatoms. The quantitative estimate of drug-likeness (QED) is 0.621. The molecule has 0 bridgehead atoms. The van der Waals surface area contributed by atoms with Crippen LogP contribution >= 0.6 is 0 Å². The summed E-state index contributed by atoms with van der Waals surface area (Å²) in [6.07, 6.45) is 2.64. The Bertz CT molecular complexity index is 911. The van der Waals surface area contributed by atoms with E-state index in [1.54, 1.807) is 42.5 Å². The Balaban J connectivity index is 1.83. The average Bonchev–Trinajstić information content (AvgIpc) is 2.70. The highest BCUT2D eigenvalue weighted by Crippen LogP contribution is 2.16. The van der Waals surface area contributed by atoms with Crippen molar-refractivity contribution < 1.29 is 23.9 Å². The molecule has 0 saturated carbocycles. The number of para-hydroxylation sites is 1. The Labute approximate surface area is 155 Å². The van der Waals surface area contributed by atoms with E-state index in [4.69, 9.17) is 14.7 Å². The minimum Gasteiger partial charge on any atom is -0.496 e. The molecule has 0 heterocycles. The molecule has 2 aromatic carbocycles. The summed E-state index contributed by atoms with van der Waals surface area (Å²) >= 11 is 0. The number of hydrogen-bond donors (Lipinski definition) is 1. The van der Waals surface area contributed by atoms with Crippen LogP contribution in [0.2, 0.25) is 0 Å². The van der Waals surface area contributed by atoms with Gasteiger partial charge in [0.15, 0.2) is 6.61 Å². The van der Waals surface area contributed by atoms with E-state index in [2.05, 4.69) is 5.32 Å². The molecule has 0 aliphatic carbocycles. The molecule has 0 aliphatic rings. The van der Waals surface area contributed by atoms with Crippen LogP contribution in [0.15, 0.2) is 54.6 Å². The van der Waals surface area contributed by atoms with E-state index in [1.807, 2.05) is 6.07 Å². The number of hydrogen-bond acceptors (Lipinski definition) is 6. The zero-order valence-electron chi connectivity index (χ0n) is 14.5. The predicted octanol–water partition coefficient (Wildman–Crippen LogP) is 2.08. The lowest BCUT2D eigenvalue weighted by Gasteiger charge is -2.08. The number of esters is 1. The second-order valence-electron chi connectivity index (χ2n) is 5.25. The van der Waals surface area contributed by atoms with E-state index in [-0.39, 0.29) is 5.56 Å². The lowest BCUT2D eigenvalue weighted by molar-refractivity contribution is -0.143. The van der Waals surface area contributed by atoms with E-state index in [0.29, 0.717) is 16.9 Å². The summed E-state index contributed by atoms with van der Waals surface area (Å²) in [5.41, 5.74) is 1.40. The molecule has 0 radical (unpaired) electrons. The summed E-state index contributed by atoms with van der Waals surface area (Å²) in [5, 5.41) is 10.8. The van der Waals surface area contributed by atoms with Gasteiger partial charge >= 0.3 is 5.97 Å². The van der Waals surface area contributed by atoms with Crippen LogP contribution in [0.5, 0.6) is 5.75 Å². The lowest BCUT2D eigenvalue weighted by Crippen LogP contribution is -2.34. The molecule has 136 valence electrons. The van der Waals surface area contributed by atoms with Gasteiger partial charge in [-0.3, -0.25) is 14.9 Å². The monoisotopic (exact) mass is 364 g/mol. The van der Waals surface area contributed by atoms with Crippen LogP contribution in [-0.2, 0) is 14.3 Å². The molecule has 7 nitrogen and oxygen atoms in total. The smallest absolute Gasteiger partial charge is 0.331 e. The molecule has 2 rings (SSSR count). The fourth-order valence-electron chi connectivity index (χ4n) is 2.08. The maximum atomic E-state index is 12.1. The normalized spacial score (nSPS) is 10.1. The summed E-state index contributed by atoms with van der Waals surface area (Å²) < 4.78 is 9.84. The van der Waals surface area contributed by atoms with Crippen LogP contribution in [-0.4, -0.2) is 31.5 Å². The van der Waals surface area contributed by atoms with Gasteiger partial charge in [-0.2, -0.15) is 5.26 Å². The zero-order chi connectivity index (χ0) is 19.6. The first-order chi connectivity index (χ1) is 13.0. The van der Waals surface area contributed by atoms with Crippen molar-refractivity contribution in [2.75, 3.05) is 13.7 Å². The average molecular weight is 364 g/mol. The number of benzene rings is 2. The molecule has 0 spiro atoms. The highest BCUT2D eigenvalue weighted by molar-refractivity contribution is 6.06. The first-order valence-electron chi connectivity index (χ1n) is 7.85. The Hall–Kier alpha value is -3.92. The van der Waals surface area contributed by atoms with Crippen molar-refractivity contribution in [1.82, 2.24) is 5.32 Å². The Morgan fingerprint density at radius 2 is 1.81 bits per heavy atom. The standard InChI is InChI=1S/C20H16N2O5/c1-26-17-5-3-2-4-16(17)20(25)22-18(23)13-27-19(24)11-10-14-6-8-15(12-21)9-7-14/h2-11H,13H2,1H3,(H,22,23,25)/b11-10+. The summed E-state index contributed by atoms with van der Waals surface area (Å²) in [4.78, 5) is 35.5. The van der Waals surface area contributed by atoms with Crippen molar-refractivity contribution in [3.63, 3.8) is 0 Å². The fraction of sp³-hybridized carbons (Fsp3) is 0.100. The minimum atomic E-state index is -0.758. The van der Waals surface area contributed by atoms with Crippen LogP contribution < -0.4 is 10.1 Å². The number of carbonyl (C=O) groups excluding carboxylic acids is 3. The molecule has 0 saturated heterocycles. The molecular formula is C20H16N2O5. The third-order valence-electron chi connectivity index (χ3n) is 3.40. The molecule has 0 unspecified atom stereocenters.